The Morgan fingerprint density at radius 2 is 1.91 bits per heavy atom. The van der Waals surface area contributed by atoms with Crippen molar-refractivity contribution in [3.63, 3.8) is 0 Å². The third-order valence-electron chi connectivity index (χ3n) is 4.46. The number of aryl methyl sites for hydroxylation is 1. The molecule has 0 bridgehead atoms. The number of thiocarbonyl (C=S) groups is 1. The van der Waals surface area contributed by atoms with Crippen LogP contribution >= 0.6 is 12.2 Å². The summed E-state index contributed by atoms with van der Waals surface area (Å²) in [5.41, 5.74) is 3.57. The van der Waals surface area contributed by atoms with E-state index in [1.54, 1.807) is 31.2 Å². The third kappa shape index (κ3) is 5.11. The number of alkyl halides is 3. The van der Waals surface area contributed by atoms with Gasteiger partial charge in [-0.15, -0.1) is 0 Å². The van der Waals surface area contributed by atoms with E-state index < -0.39 is 11.7 Å². The van der Waals surface area contributed by atoms with Gasteiger partial charge in [0.25, 0.3) is 0 Å². The summed E-state index contributed by atoms with van der Waals surface area (Å²) in [6, 6.07) is 11.2. The lowest BCUT2D eigenvalue weighted by atomic mass is 10.1. The molecule has 0 aliphatic carbocycles. The van der Waals surface area contributed by atoms with Crippen molar-refractivity contribution in [1.82, 2.24) is 15.2 Å². The van der Waals surface area contributed by atoms with Crippen LogP contribution in [0.2, 0.25) is 0 Å². The van der Waals surface area contributed by atoms with Crippen molar-refractivity contribution in [1.29, 1.82) is 0 Å². The molecule has 32 heavy (non-hydrogen) atoms. The van der Waals surface area contributed by atoms with Gasteiger partial charge in [-0.05, 0) is 55.5 Å². The van der Waals surface area contributed by atoms with Crippen LogP contribution in [0.4, 0.5) is 18.9 Å². The highest BCUT2D eigenvalue weighted by Crippen LogP contribution is 2.36. The molecule has 11 heteroatoms. The van der Waals surface area contributed by atoms with Crippen molar-refractivity contribution in [3.05, 3.63) is 65.4 Å². The molecule has 2 aromatic carbocycles. The average molecular weight is 461 g/mol. The fourth-order valence-corrected chi connectivity index (χ4v) is 3.08. The molecule has 0 unspecified atom stereocenters. The van der Waals surface area contributed by atoms with Gasteiger partial charge in [0.15, 0.2) is 16.6 Å². The summed E-state index contributed by atoms with van der Waals surface area (Å²) in [5, 5.41) is 21.9. The Morgan fingerprint density at radius 1 is 1.22 bits per heavy atom. The molecule has 0 saturated heterocycles. The zero-order valence-electron chi connectivity index (χ0n) is 16.9. The van der Waals surface area contributed by atoms with Gasteiger partial charge in [0.2, 0.25) is 0 Å². The van der Waals surface area contributed by atoms with E-state index in [0.29, 0.717) is 11.3 Å². The number of aromatic nitrogens is 2. The van der Waals surface area contributed by atoms with Crippen LogP contribution in [0, 0.1) is 0 Å². The Hall–Kier alpha value is -3.73. The first kappa shape index (κ1) is 22.9. The molecule has 0 aliphatic heterocycles. The molecule has 0 fully saturated rings. The minimum atomic E-state index is -4.51. The zero-order valence-corrected chi connectivity index (χ0v) is 17.8. The molecule has 0 saturated carbocycles. The number of anilines is 1. The van der Waals surface area contributed by atoms with Crippen molar-refractivity contribution < 1.29 is 23.1 Å². The van der Waals surface area contributed by atoms with Crippen LogP contribution in [0.1, 0.15) is 28.5 Å². The normalized spacial score (nSPS) is 11.8. The number of hydrogen-bond acceptors (Lipinski definition) is 5. The molecule has 3 aromatic rings. The Balaban J connectivity index is 1.79. The fraction of sp³-hybridized carbons (Fsp3) is 0.143. The van der Waals surface area contributed by atoms with E-state index >= 15 is 0 Å². The first-order valence-corrected chi connectivity index (χ1v) is 9.61. The Morgan fingerprint density at radius 3 is 2.53 bits per heavy atom. The summed E-state index contributed by atoms with van der Waals surface area (Å²) in [6.07, 6.45) is -3.79. The van der Waals surface area contributed by atoms with E-state index in [0.717, 1.165) is 18.4 Å². The maximum atomic E-state index is 13.0. The summed E-state index contributed by atoms with van der Waals surface area (Å²) in [5.74, 6) is -0.307. The summed E-state index contributed by atoms with van der Waals surface area (Å²) >= 11 is 5.16. The van der Waals surface area contributed by atoms with Crippen LogP contribution in [0.25, 0.3) is 11.3 Å². The SMILES string of the molecule is C/C(=N\NC(=S)Nc1ccc(C=O)cc1)c1nn(C)c(-c2cccc(C(F)(F)F)c2)c1O. The molecular formula is C21H18F3N5O2S. The van der Waals surface area contributed by atoms with Gasteiger partial charge in [-0.3, -0.25) is 14.9 Å². The molecule has 3 N–H and O–H groups in total. The van der Waals surface area contributed by atoms with E-state index in [1.165, 1.54) is 23.9 Å². The topological polar surface area (TPSA) is 91.5 Å². The molecule has 0 aliphatic rings. The minimum absolute atomic E-state index is 0.0885. The van der Waals surface area contributed by atoms with E-state index in [4.69, 9.17) is 12.2 Å². The number of nitrogens with zero attached hydrogens (tertiary/aromatic N) is 3. The lowest BCUT2D eigenvalue weighted by Crippen LogP contribution is -2.25. The molecule has 166 valence electrons. The summed E-state index contributed by atoms with van der Waals surface area (Å²) < 4.78 is 40.4. The van der Waals surface area contributed by atoms with Gasteiger partial charge < -0.3 is 10.4 Å². The quantitative estimate of drug-likeness (QED) is 0.227. The lowest BCUT2D eigenvalue weighted by molar-refractivity contribution is -0.137. The lowest BCUT2D eigenvalue weighted by Gasteiger charge is -2.09. The van der Waals surface area contributed by atoms with Gasteiger partial charge in [0, 0.05) is 23.9 Å². The standard InChI is InChI=1S/C21H18F3N5O2S/c1-12(26-27-20(32)25-16-8-6-13(11-30)7-9-16)17-19(31)18(29(2)28-17)14-4-3-5-15(10-14)21(22,23)24/h3-11,31H,1-2H3,(H2,25,27,32)/b26-12+. The molecule has 0 amide bonds. The second-order valence-corrected chi connectivity index (χ2v) is 7.16. The molecular weight excluding hydrogens is 443 g/mol. The number of carbonyl (C=O) groups excluding carboxylic acids is 1. The number of benzene rings is 2. The monoisotopic (exact) mass is 461 g/mol. The molecule has 7 nitrogen and oxygen atoms in total. The van der Waals surface area contributed by atoms with E-state index in [9.17, 15) is 23.1 Å². The highest BCUT2D eigenvalue weighted by atomic mass is 32.1. The van der Waals surface area contributed by atoms with E-state index in [1.807, 2.05) is 0 Å². The number of carbonyl (C=O) groups is 1. The number of hydrazone groups is 1. The second kappa shape index (κ2) is 9.18. The predicted octanol–water partition coefficient (Wildman–Crippen LogP) is 4.33. The Labute approximate surface area is 186 Å². The molecule has 1 aromatic heterocycles. The van der Waals surface area contributed by atoms with Crippen LogP contribution in [0.5, 0.6) is 5.75 Å². The smallest absolute Gasteiger partial charge is 0.416 e. The highest BCUT2D eigenvalue weighted by Gasteiger charge is 2.31. The molecule has 0 atom stereocenters. The Kier molecular flexibility index (Phi) is 6.58. The zero-order chi connectivity index (χ0) is 23.5. The summed E-state index contributed by atoms with van der Waals surface area (Å²) in [4.78, 5) is 10.7. The molecule has 1 heterocycles. The first-order chi connectivity index (χ1) is 15.1. The van der Waals surface area contributed by atoms with Crippen LogP contribution < -0.4 is 10.7 Å². The van der Waals surface area contributed by atoms with Crippen LogP contribution in [0.15, 0.2) is 53.6 Å². The molecule has 0 spiro atoms. The maximum Gasteiger partial charge on any atom is 0.416 e. The van der Waals surface area contributed by atoms with Gasteiger partial charge in [-0.2, -0.15) is 23.4 Å². The third-order valence-corrected chi connectivity index (χ3v) is 4.65. The van der Waals surface area contributed by atoms with Gasteiger partial charge in [0.05, 0.1) is 11.3 Å². The van der Waals surface area contributed by atoms with Crippen LogP contribution in [-0.4, -0.2) is 32.0 Å². The second-order valence-electron chi connectivity index (χ2n) is 6.75. The molecule has 0 radical (unpaired) electrons. The van der Waals surface area contributed by atoms with Crippen molar-refractivity contribution in [3.8, 4) is 17.0 Å². The van der Waals surface area contributed by atoms with E-state index in [-0.39, 0.29) is 33.5 Å². The number of nitrogens with one attached hydrogen (secondary N) is 2. The van der Waals surface area contributed by atoms with Gasteiger partial charge >= 0.3 is 6.18 Å². The number of hydrogen-bond donors (Lipinski definition) is 3. The first-order valence-electron chi connectivity index (χ1n) is 9.20. The van der Waals surface area contributed by atoms with E-state index in [2.05, 4.69) is 20.9 Å². The number of aromatic hydroxyl groups is 1. The van der Waals surface area contributed by atoms with Crippen molar-refractivity contribution in [2.75, 3.05) is 5.32 Å². The number of rotatable bonds is 5. The highest BCUT2D eigenvalue weighted by molar-refractivity contribution is 7.80. The van der Waals surface area contributed by atoms with Crippen LogP contribution in [-0.2, 0) is 13.2 Å². The van der Waals surface area contributed by atoms with Gasteiger partial charge in [0.1, 0.15) is 12.0 Å². The van der Waals surface area contributed by atoms with Gasteiger partial charge in [-0.1, -0.05) is 12.1 Å². The number of aldehydes is 1. The summed E-state index contributed by atoms with van der Waals surface area (Å²) in [6.45, 7) is 1.56. The van der Waals surface area contributed by atoms with Crippen LogP contribution in [0.3, 0.4) is 0 Å². The van der Waals surface area contributed by atoms with Crippen molar-refractivity contribution in [2.24, 2.45) is 12.1 Å². The number of halogens is 3. The predicted molar refractivity (Wildman–Crippen MR) is 119 cm³/mol. The van der Waals surface area contributed by atoms with Crippen molar-refractivity contribution in [2.45, 2.75) is 13.1 Å². The Bertz CT molecular complexity index is 1190. The van der Waals surface area contributed by atoms with Crippen molar-refractivity contribution >= 4 is 35.0 Å². The summed E-state index contributed by atoms with van der Waals surface area (Å²) in [7, 11) is 1.51. The average Bonchev–Trinajstić information content (AvgIpc) is 3.06. The largest absolute Gasteiger partial charge is 0.504 e. The minimum Gasteiger partial charge on any atom is -0.504 e. The maximum absolute atomic E-state index is 13.0. The molecule has 3 rings (SSSR count). The fourth-order valence-electron chi connectivity index (χ4n) is 2.91. The van der Waals surface area contributed by atoms with Gasteiger partial charge in [-0.25, -0.2) is 0 Å².